The molecule has 2 heteroatoms. The van der Waals surface area contributed by atoms with Crippen LogP contribution in [0.25, 0.3) is 0 Å². The third-order valence-electron chi connectivity index (χ3n) is 2.89. The first-order valence-corrected chi connectivity index (χ1v) is 4.47. The minimum Gasteiger partial charge on any atom is -0.378 e. The van der Waals surface area contributed by atoms with Gasteiger partial charge < -0.3 is 4.74 Å². The second kappa shape index (κ2) is 2.15. The number of ether oxygens (including phenoxy) is 1. The lowest BCUT2D eigenvalue weighted by atomic mass is 9.76. The van der Waals surface area contributed by atoms with Gasteiger partial charge >= 0.3 is 0 Å². The summed E-state index contributed by atoms with van der Waals surface area (Å²) >= 11 is 4.64. The molecule has 0 N–H and O–H groups in total. The third-order valence-corrected chi connectivity index (χ3v) is 3.44. The van der Waals surface area contributed by atoms with E-state index in [1.807, 2.05) is 0 Å². The Hall–Kier alpha value is 0.310. The third kappa shape index (κ3) is 0.978. The molecule has 0 aromatic heterocycles. The van der Waals surface area contributed by atoms with Crippen molar-refractivity contribution in [1.29, 1.82) is 0 Å². The Kier molecular flexibility index (Phi) is 1.50. The van der Waals surface area contributed by atoms with Crippen LogP contribution in [0.2, 0.25) is 0 Å². The van der Waals surface area contributed by atoms with E-state index < -0.39 is 0 Å². The van der Waals surface area contributed by atoms with Crippen molar-refractivity contribution in [2.75, 3.05) is 6.61 Å². The van der Waals surface area contributed by atoms with Crippen LogP contribution in [0.15, 0.2) is 0 Å². The molecule has 0 aromatic rings. The van der Waals surface area contributed by atoms with Gasteiger partial charge in [0.2, 0.25) is 0 Å². The minimum atomic E-state index is 0.265. The Bertz CT molecular complexity index is 136. The number of rotatable bonds is 0. The molecular weight excluding hydrogens is 144 g/mol. The van der Waals surface area contributed by atoms with Gasteiger partial charge in [-0.15, -0.1) is 0 Å². The summed E-state index contributed by atoms with van der Waals surface area (Å²) in [6, 6.07) is 0. The number of hydrogen-bond donors (Lipinski definition) is 1. The molecule has 2 bridgehead atoms. The minimum absolute atomic E-state index is 0.265. The molecule has 0 spiro atoms. The average Bonchev–Trinajstić information content (AvgIpc) is 1.87. The van der Waals surface area contributed by atoms with Crippen molar-refractivity contribution >= 4 is 12.6 Å². The van der Waals surface area contributed by atoms with Crippen LogP contribution in [-0.4, -0.2) is 17.5 Å². The summed E-state index contributed by atoms with van der Waals surface area (Å²) in [5, 5.41) is 0. The zero-order valence-corrected chi connectivity index (χ0v) is 7.23. The van der Waals surface area contributed by atoms with Crippen LogP contribution in [0, 0.1) is 5.92 Å². The summed E-state index contributed by atoms with van der Waals surface area (Å²) in [6.07, 6.45) is 4.26. The fourth-order valence-corrected chi connectivity index (χ4v) is 2.49. The molecule has 0 radical (unpaired) electrons. The Morgan fingerprint density at radius 1 is 1.50 bits per heavy atom. The first-order valence-electron chi connectivity index (χ1n) is 4.02. The lowest BCUT2D eigenvalue weighted by Gasteiger charge is -2.47. The summed E-state index contributed by atoms with van der Waals surface area (Å²) in [7, 11) is 0. The molecule has 3 aliphatic rings. The SMILES string of the molecule is CC1(S)CC2CCC1CO2. The maximum atomic E-state index is 5.56. The highest BCUT2D eigenvalue weighted by atomic mass is 32.1. The zero-order valence-electron chi connectivity index (χ0n) is 6.34. The van der Waals surface area contributed by atoms with Gasteiger partial charge in [0.1, 0.15) is 0 Å². The Morgan fingerprint density at radius 2 is 2.30 bits per heavy atom. The summed E-state index contributed by atoms with van der Waals surface area (Å²) < 4.78 is 5.83. The van der Waals surface area contributed by atoms with Crippen LogP contribution >= 0.6 is 12.6 Å². The lowest BCUT2D eigenvalue weighted by molar-refractivity contribution is -0.0768. The van der Waals surface area contributed by atoms with Crippen molar-refractivity contribution < 1.29 is 4.74 Å². The normalized spacial score (nSPS) is 53.4. The molecule has 3 rings (SSSR count). The summed E-state index contributed by atoms with van der Waals surface area (Å²) in [5.74, 6) is 0.709. The van der Waals surface area contributed by atoms with E-state index in [0.29, 0.717) is 12.0 Å². The molecule has 0 aromatic carbocycles. The Balaban J connectivity index is 2.15. The molecule has 3 atom stereocenters. The first-order chi connectivity index (χ1) is 4.68. The van der Waals surface area contributed by atoms with E-state index in [2.05, 4.69) is 19.6 Å². The highest BCUT2D eigenvalue weighted by molar-refractivity contribution is 7.81. The standard InChI is InChI=1S/C8H14OS/c1-8(10)4-7-3-2-6(8)5-9-7/h6-7,10H,2-5H2,1H3. The first kappa shape index (κ1) is 6.99. The van der Waals surface area contributed by atoms with Gasteiger partial charge in [0.15, 0.2) is 0 Å². The highest BCUT2D eigenvalue weighted by Gasteiger charge is 2.42. The Labute approximate surface area is 67.6 Å². The second-order valence-electron chi connectivity index (χ2n) is 3.79. The molecule has 3 fully saturated rings. The van der Waals surface area contributed by atoms with E-state index in [-0.39, 0.29) is 4.75 Å². The second-order valence-corrected chi connectivity index (χ2v) is 4.81. The molecule has 2 heterocycles. The van der Waals surface area contributed by atoms with Gasteiger partial charge in [0, 0.05) is 4.75 Å². The van der Waals surface area contributed by atoms with Crippen molar-refractivity contribution in [3.63, 3.8) is 0 Å². The maximum absolute atomic E-state index is 5.56. The topological polar surface area (TPSA) is 9.23 Å². The fraction of sp³-hybridized carbons (Fsp3) is 1.00. The van der Waals surface area contributed by atoms with Crippen molar-refractivity contribution in [3.8, 4) is 0 Å². The quantitative estimate of drug-likeness (QED) is 0.529. The van der Waals surface area contributed by atoms with Gasteiger partial charge in [-0.25, -0.2) is 0 Å². The van der Waals surface area contributed by atoms with Crippen LogP contribution in [-0.2, 0) is 4.74 Å². The van der Waals surface area contributed by atoms with Gasteiger partial charge in [-0.05, 0) is 25.2 Å². The molecule has 0 amide bonds. The predicted octanol–water partition coefficient (Wildman–Crippen LogP) is 1.87. The predicted molar refractivity (Wildman–Crippen MR) is 44.5 cm³/mol. The average molecular weight is 158 g/mol. The van der Waals surface area contributed by atoms with Crippen LogP contribution in [0.5, 0.6) is 0 Å². The summed E-state index contributed by atoms with van der Waals surface area (Å²) in [4.78, 5) is 0. The van der Waals surface area contributed by atoms with E-state index in [9.17, 15) is 0 Å². The number of hydrogen-bond acceptors (Lipinski definition) is 2. The lowest BCUT2D eigenvalue weighted by Crippen LogP contribution is -2.47. The summed E-state index contributed by atoms with van der Waals surface area (Å²) in [6.45, 7) is 3.19. The van der Waals surface area contributed by atoms with Gasteiger partial charge in [0.05, 0.1) is 12.7 Å². The smallest absolute Gasteiger partial charge is 0.0588 e. The van der Waals surface area contributed by atoms with E-state index in [4.69, 9.17) is 4.74 Å². The van der Waals surface area contributed by atoms with Gasteiger partial charge in [-0.2, -0.15) is 12.6 Å². The van der Waals surface area contributed by atoms with Gasteiger partial charge in [-0.1, -0.05) is 6.92 Å². The maximum Gasteiger partial charge on any atom is 0.0588 e. The molecule has 10 heavy (non-hydrogen) atoms. The molecule has 2 saturated heterocycles. The Morgan fingerprint density at radius 3 is 2.50 bits per heavy atom. The molecule has 1 nitrogen and oxygen atoms in total. The monoisotopic (exact) mass is 158 g/mol. The molecule has 1 saturated carbocycles. The molecular formula is C8H14OS. The van der Waals surface area contributed by atoms with E-state index in [1.165, 1.54) is 12.8 Å². The highest BCUT2D eigenvalue weighted by Crippen LogP contribution is 2.43. The van der Waals surface area contributed by atoms with Gasteiger partial charge in [-0.3, -0.25) is 0 Å². The van der Waals surface area contributed by atoms with E-state index in [1.54, 1.807) is 0 Å². The van der Waals surface area contributed by atoms with E-state index in [0.717, 1.165) is 13.0 Å². The van der Waals surface area contributed by atoms with Crippen LogP contribution < -0.4 is 0 Å². The summed E-state index contributed by atoms with van der Waals surface area (Å²) in [5.41, 5.74) is 0. The van der Waals surface area contributed by atoms with Crippen LogP contribution in [0.4, 0.5) is 0 Å². The molecule has 2 aliphatic heterocycles. The largest absolute Gasteiger partial charge is 0.378 e. The molecule has 1 aliphatic carbocycles. The van der Waals surface area contributed by atoms with Crippen LogP contribution in [0.1, 0.15) is 26.2 Å². The molecule has 3 unspecified atom stereocenters. The fourth-order valence-electron chi connectivity index (χ4n) is 2.09. The van der Waals surface area contributed by atoms with Crippen molar-refractivity contribution in [2.45, 2.75) is 37.0 Å². The van der Waals surface area contributed by atoms with Crippen molar-refractivity contribution in [2.24, 2.45) is 5.92 Å². The van der Waals surface area contributed by atoms with Crippen molar-refractivity contribution in [3.05, 3.63) is 0 Å². The van der Waals surface area contributed by atoms with Crippen molar-refractivity contribution in [1.82, 2.24) is 0 Å². The van der Waals surface area contributed by atoms with Gasteiger partial charge in [0.25, 0.3) is 0 Å². The number of fused-ring (bicyclic) bond motifs is 3. The number of thiol groups is 1. The van der Waals surface area contributed by atoms with E-state index >= 15 is 0 Å². The zero-order chi connectivity index (χ0) is 7.19. The molecule has 58 valence electrons. The van der Waals surface area contributed by atoms with Crippen LogP contribution in [0.3, 0.4) is 0 Å².